The Labute approximate surface area is 331 Å². The van der Waals surface area contributed by atoms with Gasteiger partial charge in [0.2, 0.25) is 0 Å². The molecule has 0 bridgehead atoms. The van der Waals surface area contributed by atoms with Crippen LogP contribution in [0.15, 0.2) is 133 Å². The molecule has 0 radical (unpaired) electrons. The number of benzene rings is 4. The van der Waals surface area contributed by atoms with Gasteiger partial charge in [0.1, 0.15) is 0 Å². The number of carbonyl (C=O) groups is 4. The smallest absolute Gasteiger partial charge is 0.357 e. The fourth-order valence-electron chi connectivity index (χ4n) is 6.35. The monoisotopic (exact) mass is 782 g/mol. The maximum absolute atomic E-state index is 12.5. The van der Waals surface area contributed by atoms with Gasteiger partial charge in [-0.05, 0) is 13.8 Å². The van der Waals surface area contributed by atoms with Crippen LogP contribution in [-0.2, 0) is 21.0 Å². The molecule has 0 unspecified atom stereocenters. The first-order valence-corrected chi connectivity index (χ1v) is 18.0. The van der Waals surface area contributed by atoms with E-state index in [1.807, 2.05) is 97.1 Å². The number of aromatic carboxylic acids is 2. The quantitative estimate of drug-likeness (QED) is 0.132. The summed E-state index contributed by atoms with van der Waals surface area (Å²) < 4.78 is 34.7. The number of hydrogen-bond acceptors (Lipinski definition) is 12. The first-order chi connectivity index (χ1) is 28.1. The second-order valence-electron chi connectivity index (χ2n) is 12.5. The van der Waals surface area contributed by atoms with Gasteiger partial charge in [-0.1, -0.05) is 121 Å². The van der Waals surface area contributed by atoms with Crippen molar-refractivity contribution >= 4 is 23.9 Å². The van der Waals surface area contributed by atoms with Crippen molar-refractivity contribution in [2.45, 2.75) is 25.4 Å². The molecule has 6 aromatic rings. The van der Waals surface area contributed by atoms with Crippen molar-refractivity contribution in [3.63, 3.8) is 0 Å². The topological polar surface area (TPSA) is 190 Å². The van der Waals surface area contributed by atoms with Crippen LogP contribution in [0.2, 0.25) is 0 Å². The number of esters is 2. The molecule has 0 saturated heterocycles. The highest BCUT2D eigenvalue weighted by molar-refractivity contribution is 6.02. The molecular weight excluding hydrogens is 748 g/mol. The predicted octanol–water partition coefficient (Wildman–Crippen LogP) is 7.26. The Balaban J connectivity index is 0.000000178. The minimum absolute atomic E-state index is 0.0421. The van der Waals surface area contributed by atoms with E-state index in [9.17, 15) is 29.4 Å². The van der Waals surface area contributed by atoms with Crippen LogP contribution in [0.25, 0.3) is 0 Å². The molecule has 0 aliphatic carbocycles. The lowest BCUT2D eigenvalue weighted by Gasteiger charge is -2.28. The molecule has 4 heterocycles. The van der Waals surface area contributed by atoms with Crippen LogP contribution in [0.4, 0.5) is 0 Å². The van der Waals surface area contributed by atoms with Gasteiger partial charge >= 0.3 is 35.5 Å². The SMILES string of the molecule is CCOC(=O)c1cc2c(nc1C(=O)OCC)OC(c1ccccc1)(c1ccccc1)O2.O=C(O)c1cc2c(nc1C(=O)O)OC(c1ccccc1)(c1ccccc1)O2. The van der Waals surface area contributed by atoms with Crippen LogP contribution in [0.5, 0.6) is 23.3 Å². The summed E-state index contributed by atoms with van der Waals surface area (Å²) in [7, 11) is 0. The molecule has 14 nitrogen and oxygen atoms in total. The molecule has 58 heavy (non-hydrogen) atoms. The third-order valence-corrected chi connectivity index (χ3v) is 8.91. The number of nitrogens with zero attached hydrogens (tertiary/aromatic N) is 2. The Morgan fingerprint density at radius 2 is 0.862 bits per heavy atom. The number of rotatable bonds is 10. The Kier molecular flexibility index (Phi) is 10.7. The van der Waals surface area contributed by atoms with E-state index in [-0.39, 0.29) is 47.7 Å². The van der Waals surface area contributed by atoms with Gasteiger partial charge in [-0.3, -0.25) is 0 Å². The van der Waals surface area contributed by atoms with Crippen molar-refractivity contribution < 1.29 is 57.8 Å². The molecule has 0 saturated carbocycles. The number of ether oxygens (including phenoxy) is 6. The summed E-state index contributed by atoms with van der Waals surface area (Å²) in [6.07, 6.45) is 0. The van der Waals surface area contributed by atoms with Crippen LogP contribution >= 0.6 is 0 Å². The Morgan fingerprint density at radius 1 is 0.500 bits per heavy atom. The third kappa shape index (κ3) is 7.21. The average Bonchev–Trinajstić information content (AvgIpc) is 3.84. The van der Waals surface area contributed by atoms with Crippen LogP contribution in [0.1, 0.15) is 77.8 Å². The van der Waals surface area contributed by atoms with E-state index in [0.717, 1.165) is 17.2 Å². The van der Waals surface area contributed by atoms with Gasteiger partial charge in [0.25, 0.3) is 11.8 Å². The van der Waals surface area contributed by atoms with Crippen molar-refractivity contribution in [1.29, 1.82) is 0 Å². The zero-order chi connectivity index (χ0) is 40.9. The van der Waals surface area contributed by atoms with E-state index < -0.39 is 46.7 Å². The third-order valence-electron chi connectivity index (χ3n) is 8.91. The summed E-state index contributed by atoms with van der Waals surface area (Å²) in [5, 5.41) is 18.6. The minimum Gasteiger partial charge on any atom is -0.478 e. The number of carboxylic acid groups (broad SMARTS) is 2. The maximum Gasteiger partial charge on any atom is 0.357 e. The Hall–Kier alpha value is -7.74. The fraction of sp³-hybridized carbons (Fsp3) is 0.136. The van der Waals surface area contributed by atoms with Crippen molar-refractivity contribution in [2.24, 2.45) is 0 Å². The van der Waals surface area contributed by atoms with Crippen LogP contribution < -0.4 is 18.9 Å². The normalized spacial score (nSPS) is 13.7. The summed E-state index contributed by atoms with van der Waals surface area (Å²) in [6, 6.07) is 39.4. The summed E-state index contributed by atoms with van der Waals surface area (Å²) in [6.45, 7) is 3.63. The van der Waals surface area contributed by atoms with Gasteiger partial charge in [0.05, 0.1) is 24.3 Å². The van der Waals surface area contributed by atoms with Gasteiger partial charge < -0.3 is 38.6 Å². The number of pyridine rings is 2. The standard InChI is InChI=1S/C24H21NO6.C20H13NO6/c1-3-28-22(26)18-15-19-21(25-20(18)23(27)29-4-2)31-24(30-19,16-11-7-5-8-12-16)17-13-9-6-10-14-17;22-18(23)14-11-15-17(21-16(14)19(24)25)27-20(26-15,12-7-3-1-4-8-12)13-9-5-2-6-10-13/h5-15H,3-4H2,1-2H3;1-11H,(H,22,23)(H,24,25). The lowest BCUT2D eigenvalue weighted by molar-refractivity contribution is -0.0480. The van der Waals surface area contributed by atoms with Crippen LogP contribution in [-0.4, -0.2) is 57.3 Å². The summed E-state index contributed by atoms with van der Waals surface area (Å²) in [5.41, 5.74) is 1.47. The molecule has 292 valence electrons. The summed E-state index contributed by atoms with van der Waals surface area (Å²) in [5.74, 6) is -6.74. The van der Waals surface area contributed by atoms with Crippen molar-refractivity contribution in [3.8, 4) is 23.3 Å². The second-order valence-corrected chi connectivity index (χ2v) is 12.5. The molecule has 2 aliphatic rings. The van der Waals surface area contributed by atoms with Gasteiger partial charge in [0.15, 0.2) is 22.9 Å². The highest BCUT2D eigenvalue weighted by Crippen LogP contribution is 2.48. The maximum atomic E-state index is 12.5. The van der Waals surface area contributed by atoms with E-state index in [1.54, 1.807) is 38.1 Å². The molecule has 4 aromatic carbocycles. The van der Waals surface area contributed by atoms with Gasteiger partial charge in [-0.25, -0.2) is 29.1 Å². The number of fused-ring (bicyclic) bond motifs is 2. The first-order valence-electron chi connectivity index (χ1n) is 18.0. The number of carboxylic acids is 2. The molecule has 2 aromatic heterocycles. The lowest BCUT2D eigenvalue weighted by Crippen LogP contribution is -2.36. The van der Waals surface area contributed by atoms with Gasteiger partial charge in [-0.2, -0.15) is 0 Å². The van der Waals surface area contributed by atoms with E-state index in [4.69, 9.17) is 28.4 Å². The Morgan fingerprint density at radius 3 is 1.22 bits per heavy atom. The highest BCUT2D eigenvalue weighted by Gasteiger charge is 2.48. The summed E-state index contributed by atoms with van der Waals surface area (Å²) >= 11 is 0. The molecule has 0 fully saturated rings. The van der Waals surface area contributed by atoms with Gasteiger partial charge in [0, 0.05) is 34.4 Å². The fourth-order valence-corrected chi connectivity index (χ4v) is 6.35. The van der Waals surface area contributed by atoms with Crippen molar-refractivity contribution in [2.75, 3.05) is 13.2 Å². The largest absolute Gasteiger partial charge is 0.478 e. The van der Waals surface area contributed by atoms with Crippen molar-refractivity contribution in [1.82, 2.24) is 9.97 Å². The molecule has 0 atom stereocenters. The van der Waals surface area contributed by atoms with E-state index in [0.29, 0.717) is 11.1 Å². The zero-order valence-corrected chi connectivity index (χ0v) is 31.0. The zero-order valence-electron chi connectivity index (χ0n) is 31.0. The first kappa shape index (κ1) is 38.5. The number of aromatic nitrogens is 2. The summed E-state index contributed by atoms with van der Waals surface area (Å²) in [4.78, 5) is 56.0. The molecule has 2 N–H and O–H groups in total. The Bertz CT molecular complexity index is 2310. The molecule has 8 rings (SSSR count). The minimum atomic E-state index is -1.46. The van der Waals surface area contributed by atoms with Gasteiger partial charge in [-0.15, -0.1) is 0 Å². The molecule has 14 heteroatoms. The number of hydrogen-bond donors (Lipinski definition) is 2. The molecule has 2 aliphatic heterocycles. The van der Waals surface area contributed by atoms with E-state index in [1.165, 1.54) is 6.07 Å². The molecule has 0 spiro atoms. The molecular formula is C44H34N2O12. The lowest BCUT2D eigenvalue weighted by atomic mass is 9.97. The van der Waals surface area contributed by atoms with E-state index in [2.05, 4.69) is 9.97 Å². The average molecular weight is 783 g/mol. The van der Waals surface area contributed by atoms with Crippen molar-refractivity contribution in [3.05, 3.63) is 178 Å². The second kappa shape index (κ2) is 16.2. The van der Waals surface area contributed by atoms with E-state index >= 15 is 0 Å². The predicted molar refractivity (Wildman–Crippen MR) is 204 cm³/mol. The van der Waals surface area contributed by atoms with Crippen LogP contribution in [0.3, 0.4) is 0 Å². The highest BCUT2D eigenvalue weighted by atomic mass is 16.7. The molecule has 0 amide bonds. The van der Waals surface area contributed by atoms with Crippen LogP contribution in [0, 0.1) is 0 Å². The number of carbonyl (C=O) groups excluding carboxylic acids is 2.